The highest BCUT2D eigenvalue weighted by molar-refractivity contribution is 9.10. The average Bonchev–Trinajstić information content (AvgIpc) is 2.38. The van der Waals surface area contributed by atoms with E-state index in [1.807, 2.05) is 18.7 Å². The van der Waals surface area contributed by atoms with Crippen LogP contribution in [0.15, 0.2) is 4.47 Å². The van der Waals surface area contributed by atoms with E-state index < -0.39 is 0 Å². The van der Waals surface area contributed by atoms with Gasteiger partial charge in [-0.25, -0.2) is 0 Å². The van der Waals surface area contributed by atoms with Gasteiger partial charge < -0.3 is 5.32 Å². The van der Waals surface area contributed by atoms with Gasteiger partial charge in [-0.1, -0.05) is 13.8 Å². The Labute approximate surface area is 100 Å². The van der Waals surface area contributed by atoms with Gasteiger partial charge >= 0.3 is 0 Å². The van der Waals surface area contributed by atoms with Crippen molar-refractivity contribution in [1.82, 2.24) is 15.1 Å². The molecule has 0 spiro atoms. The quantitative estimate of drug-likeness (QED) is 0.914. The summed E-state index contributed by atoms with van der Waals surface area (Å²) in [5, 5.41) is 7.87. The Morgan fingerprint density at radius 3 is 2.40 bits per heavy atom. The van der Waals surface area contributed by atoms with Crippen molar-refractivity contribution in [1.29, 1.82) is 0 Å². The molecule has 86 valence electrons. The molecule has 1 N–H and O–H groups in total. The highest BCUT2D eigenvalue weighted by Gasteiger charge is 2.12. The second-order valence-electron chi connectivity index (χ2n) is 4.38. The molecule has 0 aromatic carbocycles. The zero-order chi connectivity index (χ0) is 11.6. The minimum absolute atomic E-state index is 0.520. The lowest BCUT2D eigenvalue weighted by molar-refractivity contribution is 0.419. The monoisotopic (exact) mass is 273 g/mol. The van der Waals surface area contributed by atoms with Crippen LogP contribution in [0.2, 0.25) is 0 Å². The lowest BCUT2D eigenvalue weighted by atomic mass is 10.1. The largest absolute Gasteiger partial charge is 0.308 e. The van der Waals surface area contributed by atoms with E-state index >= 15 is 0 Å². The van der Waals surface area contributed by atoms with Gasteiger partial charge in [0.1, 0.15) is 0 Å². The van der Waals surface area contributed by atoms with Crippen LogP contribution in [0.3, 0.4) is 0 Å². The predicted octanol–water partition coefficient (Wildman–Crippen LogP) is 2.63. The minimum Gasteiger partial charge on any atom is -0.308 e. The standard InChI is InChI=1S/C11H20BrN3/c1-7(2)8(3)13-6-10-11(12)9(4)14-15(10)5/h7-8,13H,6H2,1-5H3. The van der Waals surface area contributed by atoms with Crippen molar-refractivity contribution < 1.29 is 0 Å². The molecule has 0 saturated heterocycles. The summed E-state index contributed by atoms with van der Waals surface area (Å²) in [7, 11) is 1.98. The second kappa shape index (κ2) is 5.12. The maximum atomic E-state index is 4.36. The summed E-state index contributed by atoms with van der Waals surface area (Å²) in [6, 6.07) is 0.520. The summed E-state index contributed by atoms with van der Waals surface area (Å²) >= 11 is 3.56. The van der Waals surface area contributed by atoms with Gasteiger partial charge in [0, 0.05) is 19.6 Å². The molecule has 1 atom stereocenters. The van der Waals surface area contributed by atoms with E-state index in [0.717, 1.165) is 16.7 Å². The summed E-state index contributed by atoms with van der Waals surface area (Å²) in [6.45, 7) is 9.53. The molecule has 3 nitrogen and oxygen atoms in total. The van der Waals surface area contributed by atoms with Gasteiger partial charge in [0.05, 0.1) is 15.9 Å². The first-order valence-electron chi connectivity index (χ1n) is 5.34. The summed E-state index contributed by atoms with van der Waals surface area (Å²) in [5.41, 5.74) is 2.26. The molecule has 4 heteroatoms. The summed E-state index contributed by atoms with van der Waals surface area (Å²) in [6.07, 6.45) is 0. The smallest absolute Gasteiger partial charge is 0.0739 e. The van der Waals surface area contributed by atoms with Gasteiger partial charge in [-0.2, -0.15) is 5.10 Å². The van der Waals surface area contributed by atoms with E-state index in [1.165, 1.54) is 5.69 Å². The van der Waals surface area contributed by atoms with E-state index in [0.29, 0.717) is 12.0 Å². The third kappa shape index (κ3) is 3.05. The minimum atomic E-state index is 0.520. The van der Waals surface area contributed by atoms with Crippen molar-refractivity contribution in [3.8, 4) is 0 Å². The number of aryl methyl sites for hydroxylation is 2. The van der Waals surface area contributed by atoms with E-state index in [9.17, 15) is 0 Å². The first-order chi connectivity index (χ1) is 6.93. The third-order valence-electron chi connectivity index (χ3n) is 2.85. The van der Waals surface area contributed by atoms with Crippen molar-refractivity contribution in [2.75, 3.05) is 0 Å². The summed E-state index contributed by atoms with van der Waals surface area (Å²) in [5.74, 6) is 0.651. The first kappa shape index (κ1) is 12.7. The number of hydrogen-bond donors (Lipinski definition) is 1. The highest BCUT2D eigenvalue weighted by atomic mass is 79.9. The maximum absolute atomic E-state index is 4.36. The number of aromatic nitrogens is 2. The van der Waals surface area contributed by atoms with Crippen molar-refractivity contribution in [2.45, 2.75) is 40.3 Å². The van der Waals surface area contributed by atoms with Crippen molar-refractivity contribution in [2.24, 2.45) is 13.0 Å². The second-order valence-corrected chi connectivity index (χ2v) is 5.18. The molecule has 1 heterocycles. The molecule has 0 aliphatic carbocycles. The molecule has 0 aliphatic heterocycles. The fourth-order valence-corrected chi connectivity index (χ4v) is 1.84. The molecular formula is C11H20BrN3. The lowest BCUT2D eigenvalue weighted by Gasteiger charge is -2.17. The maximum Gasteiger partial charge on any atom is 0.0739 e. The molecule has 0 fully saturated rings. The molecule has 1 rings (SSSR count). The molecule has 1 aromatic heterocycles. The van der Waals surface area contributed by atoms with Crippen LogP contribution in [0.25, 0.3) is 0 Å². The molecule has 0 aliphatic rings. The van der Waals surface area contributed by atoms with Crippen LogP contribution < -0.4 is 5.32 Å². The topological polar surface area (TPSA) is 29.9 Å². The van der Waals surface area contributed by atoms with Crippen molar-refractivity contribution >= 4 is 15.9 Å². The van der Waals surface area contributed by atoms with Crippen molar-refractivity contribution in [3.05, 3.63) is 15.9 Å². The van der Waals surface area contributed by atoms with Gasteiger partial charge in [-0.15, -0.1) is 0 Å². The predicted molar refractivity (Wildman–Crippen MR) is 66.8 cm³/mol. The molecule has 0 saturated carbocycles. The van der Waals surface area contributed by atoms with Crippen LogP contribution in [-0.4, -0.2) is 15.8 Å². The van der Waals surface area contributed by atoms with E-state index in [-0.39, 0.29) is 0 Å². The lowest BCUT2D eigenvalue weighted by Crippen LogP contribution is -2.31. The Bertz CT molecular complexity index is 331. The number of halogens is 1. The van der Waals surface area contributed by atoms with Gasteiger partial charge in [0.15, 0.2) is 0 Å². The number of nitrogens with one attached hydrogen (secondary N) is 1. The molecule has 0 radical (unpaired) electrons. The van der Waals surface area contributed by atoms with Crippen molar-refractivity contribution in [3.63, 3.8) is 0 Å². The summed E-state index contributed by atoms with van der Waals surface area (Å²) in [4.78, 5) is 0. The van der Waals surface area contributed by atoms with Gasteiger partial charge in [-0.05, 0) is 35.7 Å². The van der Waals surface area contributed by atoms with E-state index in [2.05, 4.69) is 47.1 Å². The number of rotatable bonds is 4. The average molecular weight is 274 g/mol. The summed E-state index contributed by atoms with van der Waals surface area (Å²) < 4.78 is 3.05. The normalized spacial score (nSPS) is 13.5. The fraction of sp³-hybridized carbons (Fsp3) is 0.727. The molecule has 15 heavy (non-hydrogen) atoms. The highest BCUT2D eigenvalue weighted by Crippen LogP contribution is 2.20. The van der Waals surface area contributed by atoms with Crippen LogP contribution in [0, 0.1) is 12.8 Å². The Morgan fingerprint density at radius 2 is 2.00 bits per heavy atom. The Kier molecular flexibility index (Phi) is 4.34. The van der Waals surface area contributed by atoms with Crippen LogP contribution in [0.1, 0.15) is 32.2 Å². The molecule has 1 unspecified atom stereocenters. The van der Waals surface area contributed by atoms with Crippen LogP contribution in [0.5, 0.6) is 0 Å². The van der Waals surface area contributed by atoms with Gasteiger partial charge in [-0.3, -0.25) is 4.68 Å². The zero-order valence-corrected chi connectivity index (χ0v) is 11.7. The van der Waals surface area contributed by atoms with Crippen LogP contribution in [0.4, 0.5) is 0 Å². The zero-order valence-electron chi connectivity index (χ0n) is 10.1. The Balaban J connectivity index is 2.65. The number of nitrogens with zero attached hydrogens (tertiary/aromatic N) is 2. The van der Waals surface area contributed by atoms with E-state index in [4.69, 9.17) is 0 Å². The molecule has 0 amide bonds. The van der Waals surface area contributed by atoms with Gasteiger partial charge in [0.2, 0.25) is 0 Å². The third-order valence-corrected chi connectivity index (χ3v) is 3.88. The molecule has 1 aromatic rings. The van der Waals surface area contributed by atoms with E-state index in [1.54, 1.807) is 0 Å². The molecule has 0 bridgehead atoms. The molecular weight excluding hydrogens is 254 g/mol. The SMILES string of the molecule is Cc1nn(C)c(CNC(C)C(C)C)c1Br. The van der Waals surface area contributed by atoms with Crippen LogP contribution >= 0.6 is 15.9 Å². The fourth-order valence-electron chi connectivity index (χ4n) is 1.37. The Hall–Kier alpha value is -0.350. The van der Waals surface area contributed by atoms with Crippen LogP contribution in [-0.2, 0) is 13.6 Å². The van der Waals surface area contributed by atoms with Gasteiger partial charge in [0.25, 0.3) is 0 Å². The Morgan fingerprint density at radius 1 is 1.40 bits per heavy atom. The number of hydrogen-bond acceptors (Lipinski definition) is 2. The first-order valence-corrected chi connectivity index (χ1v) is 6.14.